The zero-order valence-corrected chi connectivity index (χ0v) is 9.30. The summed E-state index contributed by atoms with van der Waals surface area (Å²) < 4.78 is 5.00. The average Bonchev–Trinajstić information content (AvgIpc) is 2.59. The average molecular weight is 234 g/mol. The summed E-state index contributed by atoms with van der Waals surface area (Å²) >= 11 is 0. The number of aromatic nitrogens is 1. The Bertz CT molecular complexity index is 570. The van der Waals surface area contributed by atoms with Crippen LogP contribution in [0.5, 0.6) is 5.75 Å². The molecule has 0 aliphatic carbocycles. The maximum Gasteiger partial charge on any atom is 0.311 e. The van der Waals surface area contributed by atoms with Crippen LogP contribution >= 0.6 is 0 Å². The Morgan fingerprint density at radius 3 is 2.65 bits per heavy atom. The predicted octanol–water partition coefficient (Wildman–Crippen LogP) is 2.57. The van der Waals surface area contributed by atoms with Crippen LogP contribution in [0.1, 0.15) is 11.5 Å². The molecular formula is C11H10N2O4. The van der Waals surface area contributed by atoms with Gasteiger partial charge in [0.1, 0.15) is 5.76 Å². The van der Waals surface area contributed by atoms with Gasteiger partial charge in [0.2, 0.25) is 0 Å². The molecule has 0 amide bonds. The number of aryl methyl sites for hydroxylation is 2. The molecule has 17 heavy (non-hydrogen) atoms. The summed E-state index contributed by atoms with van der Waals surface area (Å²) in [7, 11) is 0. The number of benzene rings is 1. The van der Waals surface area contributed by atoms with Crippen molar-refractivity contribution < 1.29 is 14.6 Å². The van der Waals surface area contributed by atoms with E-state index in [-0.39, 0.29) is 11.4 Å². The van der Waals surface area contributed by atoms with E-state index < -0.39 is 4.92 Å². The topological polar surface area (TPSA) is 89.4 Å². The number of nitrogens with zero attached hydrogens (tertiary/aromatic N) is 2. The summed E-state index contributed by atoms with van der Waals surface area (Å²) in [5.74, 6) is 0.230. The molecule has 0 spiro atoms. The second-order valence-electron chi connectivity index (χ2n) is 3.66. The molecule has 0 fully saturated rings. The zero-order valence-electron chi connectivity index (χ0n) is 9.30. The molecule has 1 aromatic heterocycles. The van der Waals surface area contributed by atoms with Crippen molar-refractivity contribution in [3.8, 4) is 16.9 Å². The molecule has 1 aromatic carbocycles. The molecule has 0 aliphatic heterocycles. The van der Waals surface area contributed by atoms with Gasteiger partial charge in [-0.15, -0.1) is 0 Å². The van der Waals surface area contributed by atoms with Gasteiger partial charge in [0.15, 0.2) is 5.75 Å². The second kappa shape index (κ2) is 3.89. The molecule has 2 rings (SSSR count). The van der Waals surface area contributed by atoms with E-state index in [1.807, 2.05) is 0 Å². The van der Waals surface area contributed by atoms with Crippen molar-refractivity contribution in [3.63, 3.8) is 0 Å². The second-order valence-corrected chi connectivity index (χ2v) is 3.66. The highest BCUT2D eigenvalue weighted by Gasteiger charge is 2.18. The highest BCUT2D eigenvalue weighted by Crippen LogP contribution is 2.34. The number of rotatable bonds is 2. The van der Waals surface area contributed by atoms with E-state index in [1.165, 1.54) is 12.1 Å². The van der Waals surface area contributed by atoms with Crippen LogP contribution in [-0.2, 0) is 0 Å². The molecule has 2 aromatic rings. The van der Waals surface area contributed by atoms with Crippen molar-refractivity contribution in [2.45, 2.75) is 13.8 Å². The van der Waals surface area contributed by atoms with E-state index in [1.54, 1.807) is 19.9 Å². The highest BCUT2D eigenvalue weighted by atomic mass is 16.6. The molecule has 0 bridgehead atoms. The fourth-order valence-corrected chi connectivity index (χ4v) is 1.72. The minimum absolute atomic E-state index is 0.331. The molecule has 6 heteroatoms. The first-order valence-corrected chi connectivity index (χ1v) is 4.91. The van der Waals surface area contributed by atoms with Crippen molar-refractivity contribution in [3.05, 3.63) is 39.8 Å². The molecule has 1 N–H and O–H groups in total. The molecule has 0 atom stereocenters. The van der Waals surface area contributed by atoms with Gasteiger partial charge in [-0.1, -0.05) is 5.16 Å². The first kappa shape index (κ1) is 11.1. The standard InChI is InChI=1S/C11H10N2O4/c1-6-11(7(2)17-12-6)8-3-4-10(14)9(5-8)13(15)16/h3-5,14H,1-2H3. The Labute approximate surface area is 96.6 Å². The smallest absolute Gasteiger partial charge is 0.311 e. The van der Waals surface area contributed by atoms with Crippen LogP contribution in [0.15, 0.2) is 22.7 Å². The summed E-state index contributed by atoms with van der Waals surface area (Å²) in [5, 5.41) is 23.9. The maximum absolute atomic E-state index is 10.7. The van der Waals surface area contributed by atoms with Gasteiger partial charge in [-0.05, 0) is 31.5 Å². The van der Waals surface area contributed by atoms with Crippen molar-refractivity contribution in [1.29, 1.82) is 0 Å². The molecule has 0 radical (unpaired) electrons. The Balaban J connectivity index is 2.62. The minimum Gasteiger partial charge on any atom is -0.502 e. The number of nitro groups is 1. The highest BCUT2D eigenvalue weighted by molar-refractivity contribution is 5.71. The van der Waals surface area contributed by atoms with Crippen molar-refractivity contribution in [2.75, 3.05) is 0 Å². The number of aromatic hydroxyl groups is 1. The van der Waals surface area contributed by atoms with E-state index in [0.717, 1.165) is 0 Å². The Hall–Kier alpha value is -2.37. The molecule has 1 heterocycles. The van der Waals surface area contributed by atoms with Gasteiger partial charge in [-0.25, -0.2) is 0 Å². The summed E-state index contributed by atoms with van der Waals surface area (Å²) in [6, 6.07) is 4.19. The third-order valence-electron chi connectivity index (χ3n) is 2.49. The maximum atomic E-state index is 10.7. The van der Waals surface area contributed by atoms with Gasteiger partial charge in [0, 0.05) is 11.6 Å². The third-order valence-corrected chi connectivity index (χ3v) is 2.49. The van der Waals surface area contributed by atoms with Crippen molar-refractivity contribution in [2.24, 2.45) is 0 Å². The van der Waals surface area contributed by atoms with Crippen LogP contribution in [0.25, 0.3) is 11.1 Å². The van der Waals surface area contributed by atoms with E-state index in [0.29, 0.717) is 22.6 Å². The van der Waals surface area contributed by atoms with Gasteiger partial charge >= 0.3 is 5.69 Å². The lowest BCUT2D eigenvalue weighted by atomic mass is 10.0. The molecule has 6 nitrogen and oxygen atoms in total. The lowest BCUT2D eigenvalue weighted by Gasteiger charge is -2.01. The van der Waals surface area contributed by atoms with Crippen molar-refractivity contribution in [1.82, 2.24) is 5.16 Å². The Morgan fingerprint density at radius 1 is 1.41 bits per heavy atom. The van der Waals surface area contributed by atoms with Crippen LogP contribution in [0.4, 0.5) is 5.69 Å². The number of hydrogen-bond donors (Lipinski definition) is 1. The lowest BCUT2D eigenvalue weighted by molar-refractivity contribution is -0.385. The molecular weight excluding hydrogens is 224 g/mol. The van der Waals surface area contributed by atoms with Gasteiger partial charge in [-0.2, -0.15) is 0 Å². The summed E-state index contributed by atoms with van der Waals surface area (Å²) in [5.41, 5.74) is 1.64. The van der Waals surface area contributed by atoms with Crippen LogP contribution in [0, 0.1) is 24.0 Å². The van der Waals surface area contributed by atoms with Gasteiger partial charge < -0.3 is 9.63 Å². The molecule has 0 saturated heterocycles. The van der Waals surface area contributed by atoms with E-state index in [9.17, 15) is 15.2 Å². The molecule has 0 saturated carbocycles. The largest absolute Gasteiger partial charge is 0.502 e. The number of nitro benzene ring substituents is 1. The van der Waals surface area contributed by atoms with Gasteiger partial charge in [-0.3, -0.25) is 10.1 Å². The SMILES string of the molecule is Cc1noc(C)c1-c1ccc(O)c([N+](=O)[O-])c1. The summed E-state index contributed by atoms with van der Waals surface area (Å²) in [6.07, 6.45) is 0. The van der Waals surface area contributed by atoms with Crippen LogP contribution in [-0.4, -0.2) is 15.2 Å². The monoisotopic (exact) mass is 234 g/mol. The van der Waals surface area contributed by atoms with E-state index >= 15 is 0 Å². The summed E-state index contributed by atoms with van der Waals surface area (Å²) in [6.45, 7) is 3.48. The third kappa shape index (κ3) is 1.84. The Kier molecular flexibility index (Phi) is 2.55. The fourth-order valence-electron chi connectivity index (χ4n) is 1.72. The zero-order chi connectivity index (χ0) is 12.6. The fraction of sp³-hybridized carbons (Fsp3) is 0.182. The number of phenols is 1. The van der Waals surface area contributed by atoms with Gasteiger partial charge in [0.25, 0.3) is 0 Å². The predicted molar refractivity (Wildman–Crippen MR) is 59.7 cm³/mol. The molecule has 0 unspecified atom stereocenters. The first-order valence-electron chi connectivity index (χ1n) is 4.91. The van der Waals surface area contributed by atoms with Crippen LogP contribution < -0.4 is 0 Å². The van der Waals surface area contributed by atoms with Crippen molar-refractivity contribution >= 4 is 5.69 Å². The van der Waals surface area contributed by atoms with Crippen LogP contribution in [0.3, 0.4) is 0 Å². The van der Waals surface area contributed by atoms with Crippen LogP contribution in [0.2, 0.25) is 0 Å². The normalized spacial score (nSPS) is 10.5. The summed E-state index contributed by atoms with van der Waals surface area (Å²) in [4.78, 5) is 10.1. The lowest BCUT2D eigenvalue weighted by Crippen LogP contribution is -1.90. The Morgan fingerprint density at radius 2 is 2.12 bits per heavy atom. The number of hydrogen-bond acceptors (Lipinski definition) is 5. The van der Waals surface area contributed by atoms with E-state index in [4.69, 9.17) is 4.52 Å². The molecule has 88 valence electrons. The quantitative estimate of drug-likeness (QED) is 0.637. The molecule has 0 aliphatic rings. The van der Waals surface area contributed by atoms with Gasteiger partial charge in [0.05, 0.1) is 10.6 Å². The minimum atomic E-state index is -0.628. The number of phenolic OH excluding ortho intramolecular Hbond substituents is 1. The van der Waals surface area contributed by atoms with E-state index in [2.05, 4.69) is 5.16 Å². The first-order chi connectivity index (χ1) is 8.00.